The third kappa shape index (κ3) is 3.45. The molecule has 1 aromatic rings. The fraction of sp³-hybridized carbons (Fsp3) is 0.800. The summed E-state index contributed by atoms with van der Waals surface area (Å²) >= 11 is 0. The van der Waals surface area contributed by atoms with Gasteiger partial charge in [0.2, 0.25) is 5.95 Å². The molecule has 1 atom stereocenters. The van der Waals surface area contributed by atoms with Gasteiger partial charge in [-0.2, -0.15) is 5.10 Å². The van der Waals surface area contributed by atoms with Gasteiger partial charge in [-0.3, -0.25) is 0 Å². The Morgan fingerprint density at radius 3 is 2.60 bits per heavy atom. The van der Waals surface area contributed by atoms with Crippen molar-refractivity contribution < 1.29 is 0 Å². The Bertz CT molecular complexity index is 421. The average molecular weight is 277 g/mol. The monoisotopic (exact) mass is 277 g/mol. The lowest BCUT2D eigenvalue weighted by Crippen LogP contribution is -2.46. The molecule has 0 spiro atoms. The minimum atomic E-state index is 0.502. The molecule has 0 aliphatic carbocycles. The highest BCUT2D eigenvalue weighted by atomic mass is 15.3. The lowest BCUT2D eigenvalue weighted by atomic mass is 10.0. The van der Waals surface area contributed by atoms with Gasteiger partial charge in [0.15, 0.2) is 0 Å². The summed E-state index contributed by atoms with van der Waals surface area (Å²) in [6.07, 6.45) is 5.58. The van der Waals surface area contributed by atoms with Crippen LogP contribution in [0.3, 0.4) is 0 Å². The molecule has 1 N–H and O–H groups in total. The predicted molar refractivity (Wildman–Crippen MR) is 82.1 cm³/mol. The van der Waals surface area contributed by atoms with Crippen LogP contribution in [-0.4, -0.2) is 40.9 Å². The van der Waals surface area contributed by atoms with Gasteiger partial charge in [-0.15, -0.1) is 5.10 Å². The summed E-state index contributed by atoms with van der Waals surface area (Å²) in [5.74, 6) is 0.821. The molecule has 5 nitrogen and oxygen atoms in total. The van der Waals surface area contributed by atoms with E-state index in [0.717, 1.165) is 49.8 Å². The first kappa shape index (κ1) is 15.2. The van der Waals surface area contributed by atoms with Gasteiger partial charge >= 0.3 is 0 Å². The number of anilines is 1. The molecule has 1 aromatic heterocycles. The molecule has 1 unspecified atom stereocenters. The van der Waals surface area contributed by atoms with E-state index >= 15 is 0 Å². The maximum Gasteiger partial charge on any atom is 0.245 e. The topological polar surface area (TPSA) is 53.9 Å². The van der Waals surface area contributed by atoms with Crippen LogP contribution in [0.2, 0.25) is 0 Å². The maximum absolute atomic E-state index is 4.77. The molecule has 1 fully saturated rings. The molecule has 112 valence electrons. The van der Waals surface area contributed by atoms with E-state index in [1.54, 1.807) is 0 Å². The average Bonchev–Trinajstić information content (AvgIpc) is 2.52. The molecule has 1 saturated heterocycles. The van der Waals surface area contributed by atoms with Crippen molar-refractivity contribution in [2.45, 2.75) is 58.9 Å². The molecule has 0 amide bonds. The second kappa shape index (κ2) is 7.53. The zero-order valence-electron chi connectivity index (χ0n) is 13.0. The standard InChI is InChI=1S/C15H27N5/c1-4-13-14(5-2)18-19-15(17-13)20-10-8-7-9-12(20)11-16-6-3/h12,16H,4-11H2,1-3H3. The van der Waals surface area contributed by atoms with E-state index in [1.807, 2.05) is 0 Å². The fourth-order valence-corrected chi connectivity index (χ4v) is 2.84. The summed E-state index contributed by atoms with van der Waals surface area (Å²) in [6, 6.07) is 0.502. The second-order valence-electron chi connectivity index (χ2n) is 5.36. The molecule has 1 aliphatic rings. The van der Waals surface area contributed by atoms with Crippen molar-refractivity contribution in [3.05, 3.63) is 11.4 Å². The molecule has 1 aliphatic heterocycles. The molecule has 0 bridgehead atoms. The second-order valence-corrected chi connectivity index (χ2v) is 5.36. The zero-order valence-corrected chi connectivity index (χ0v) is 13.0. The first-order chi connectivity index (χ1) is 9.80. The fourth-order valence-electron chi connectivity index (χ4n) is 2.84. The highest BCUT2D eigenvalue weighted by Gasteiger charge is 2.25. The smallest absolute Gasteiger partial charge is 0.245 e. The van der Waals surface area contributed by atoms with Crippen molar-refractivity contribution in [1.82, 2.24) is 20.5 Å². The molecule has 2 heterocycles. The minimum Gasteiger partial charge on any atom is -0.335 e. The Morgan fingerprint density at radius 1 is 1.10 bits per heavy atom. The minimum absolute atomic E-state index is 0.502. The number of nitrogens with zero attached hydrogens (tertiary/aromatic N) is 4. The lowest BCUT2D eigenvalue weighted by Gasteiger charge is -2.35. The van der Waals surface area contributed by atoms with E-state index < -0.39 is 0 Å². The van der Waals surface area contributed by atoms with Gasteiger partial charge in [-0.25, -0.2) is 4.98 Å². The van der Waals surface area contributed by atoms with Crippen LogP contribution in [0.15, 0.2) is 0 Å². The largest absolute Gasteiger partial charge is 0.335 e. The van der Waals surface area contributed by atoms with Crippen LogP contribution >= 0.6 is 0 Å². The van der Waals surface area contributed by atoms with Gasteiger partial charge in [0.25, 0.3) is 0 Å². The zero-order chi connectivity index (χ0) is 14.4. The molecular formula is C15H27N5. The number of aromatic nitrogens is 3. The Labute approximate surface area is 122 Å². The first-order valence-electron chi connectivity index (χ1n) is 7.99. The van der Waals surface area contributed by atoms with Crippen LogP contribution in [-0.2, 0) is 12.8 Å². The van der Waals surface area contributed by atoms with Crippen LogP contribution in [0, 0.1) is 0 Å². The molecule has 5 heteroatoms. The van der Waals surface area contributed by atoms with E-state index in [9.17, 15) is 0 Å². The van der Waals surface area contributed by atoms with Crippen LogP contribution in [0.4, 0.5) is 5.95 Å². The Hall–Kier alpha value is -1.23. The summed E-state index contributed by atoms with van der Waals surface area (Å²) in [5.41, 5.74) is 2.14. The molecule has 2 rings (SSSR count). The summed E-state index contributed by atoms with van der Waals surface area (Å²) < 4.78 is 0. The van der Waals surface area contributed by atoms with Gasteiger partial charge in [0.1, 0.15) is 0 Å². The van der Waals surface area contributed by atoms with Gasteiger partial charge in [-0.05, 0) is 38.6 Å². The summed E-state index contributed by atoms with van der Waals surface area (Å²) in [6.45, 7) is 9.47. The number of aryl methyl sites for hydroxylation is 2. The third-order valence-electron chi connectivity index (χ3n) is 4.01. The first-order valence-corrected chi connectivity index (χ1v) is 7.99. The highest BCUT2D eigenvalue weighted by molar-refractivity contribution is 5.33. The Morgan fingerprint density at radius 2 is 1.90 bits per heavy atom. The van der Waals surface area contributed by atoms with Gasteiger partial charge < -0.3 is 10.2 Å². The van der Waals surface area contributed by atoms with Crippen molar-refractivity contribution in [2.24, 2.45) is 0 Å². The molecular weight excluding hydrogens is 250 g/mol. The van der Waals surface area contributed by atoms with E-state index in [4.69, 9.17) is 4.98 Å². The number of hydrogen-bond acceptors (Lipinski definition) is 5. The Kier molecular flexibility index (Phi) is 5.71. The number of hydrogen-bond donors (Lipinski definition) is 1. The van der Waals surface area contributed by atoms with Crippen molar-refractivity contribution in [1.29, 1.82) is 0 Å². The van der Waals surface area contributed by atoms with Crippen molar-refractivity contribution in [2.75, 3.05) is 24.5 Å². The molecule has 0 aromatic carbocycles. The van der Waals surface area contributed by atoms with Gasteiger partial charge in [-0.1, -0.05) is 20.8 Å². The quantitative estimate of drug-likeness (QED) is 0.861. The normalized spacial score (nSPS) is 19.4. The van der Waals surface area contributed by atoms with E-state index in [0.29, 0.717) is 6.04 Å². The van der Waals surface area contributed by atoms with Crippen molar-refractivity contribution in [3.63, 3.8) is 0 Å². The SMILES string of the molecule is CCNCC1CCCCN1c1nnc(CC)c(CC)n1. The summed E-state index contributed by atoms with van der Waals surface area (Å²) in [4.78, 5) is 7.11. The lowest BCUT2D eigenvalue weighted by molar-refractivity contribution is 0.431. The maximum atomic E-state index is 4.77. The Balaban J connectivity index is 2.18. The van der Waals surface area contributed by atoms with E-state index in [1.165, 1.54) is 19.3 Å². The number of nitrogens with one attached hydrogen (secondary N) is 1. The van der Waals surface area contributed by atoms with E-state index in [2.05, 4.69) is 41.2 Å². The number of likely N-dealkylation sites (N-methyl/N-ethyl adjacent to an activating group) is 1. The molecule has 0 saturated carbocycles. The van der Waals surface area contributed by atoms with Crippen molar-refractivity contribution >= 4 is 5.95 Å². The summed E-state index contributed by atoms with van der Waals surface area (Å²) in [7, 11) is 0. The molecule has 0 radical (unpaired) electrons. The van der Waals surface area contributed by atoms with Gasteiger partial charge in [0, 0.05) is 19.1 Å². The number of piperidine rings is 1. The number of rotatable bonds is 6. The van der Waals surface area contributed by atoms with Crippen LogP contribution < -0.4 is 10.2 Å². The molecule has 20 heavy (non-hydrogen) atoms. The van der Waals surface area contributed by atoms with E-state index in [-0.39, 0.29) is 0 Å². The van der Waals surface area contributed by atoms with Crippen LogP contribution in [0.25, 0.3) is 0 Å². The van der Waals surface area contributed by atoms with Crippen molar-refractivity contribution in [3.8, 4) is 0 Å². The predicted octanol–water partition coefficient (Wildman–Crippen LogP) is 1.96. The summed E-state index contributed by atoms with van der Waals surface area (Å²) in [5, 5.41) is 12.2. The highest BCUT2D eigenvalue weighted by Crippen LogP contribution is 2.21. The van der Waals surface area contributed by atoms with Crippen LogP contribution in [0.5, 0.6) is 0 Å². The third-order valence-corrected chi connectivity index (χ3v) is 4.01. The van der Waals surface area contributed by atoms with Gasteiger partial charge in [0.05, 0.1) is 11.4 Å². The van der Waals surface area contributed by atoms with Crippen LogP contribution in [0.1, 0.15) is 51.4 Å².